The van der Waals surface area contributed by atoms with E-state index in [4.69, 9.17) is 9.84 Å². The van der Waals surface area contributed by atoms with E-state index in [1.165, 1.54) is 74.1 Å². The van der Waals surface area contributed by atoms with Crippen LogP contribution >= 0.6 is 11.8 Å². The predicted molar refractivity (Wildman–Crippen MR) is 122 cm³/mol. The van der Waals surface area contributed by atoms with Gasteiger partial charge in [-0.2, -0.15) is 4.98 Å². The molecule has 0 aliphatic carbocycles. The molecule has 0 radical (unpaired) electrons. The molecule has 2 rings (SSSR count). The molecule has 1 aromatic rings. The highest BCUT2D eigenvalue weighted by Gasteiger charge is 2.27. The molecular weight excluding hydrogens is 402 g/mol. The largest absolute Gasteiger partial charge is 0.393 e. The Morgan fingerprint density at radius 1 is 1.17 bits per heavy atom. The van der Waals surface area contributed by atoms with E-state index in [1.807, 2.05) is 0 Å². The van der Waals surface area contributed by atoms with Crippen LogP contribution in [0.4, 0.5) is 5.82 Å². The molecular formula is C22H37N3O4S. The number of thioether (sulfide) groups is 1. The second-order valence-electron chi connectivity index (χ2n) is 7.87. The number of amides is 1. The molecule has 0 saturated carbocycles. The van der Waals surface area contributed by atoms with Crippen LogP contribution in [0.25, 0.3) is 0 Å². The molecule has 0 spiro atoms. The fourth-order valence-electron chi connectivity index (χ4n) is 3.54. The van der Waals surface area contributed by atoms with E-state index in [2.05, 4.69) is 17.2 Å². The van der Waals surface area contributed by atoms with Crippen LogP contribution in [-0.4, -0.2) is 38.4 Å². The molecule has 0 bridgehead atoms. The molecule has 1 saturated heterocycles. The second-order valence-corrected chi connectivity index (χ2v) is 9.06. The summed E-state index contributed by atoms with van der Waals surface area (Å²) in [6.45, 7) is 2.16. The van der Waals surface area contributed by atoms with Crippen molar-refractivity contribution in [2.24, 2.45) is 0 Å². The number of hydrogen-bond donors (Lipinski definition) is 2. The molecule has 1 amide bonds. The monoisotopic (exact) mass is 439 g/mol. The third-order valence-corrected chi connectivity index (χ3v) is 6.41. The Labute approximate surface area is 184 Å². The number of aliphatic hydroxyl groups is 1. The number of ether oxygens (including phenoxy) is 1. The van der Waals surface area contributed by atoms with Crippen molar-refractivity contribution in [3.05, 3.63) is 22.7 Å². The summed E-state index contributed by atoms with van der Waals surface area (Å²) in [6.07, 6.45) is 15.3. The highest BCUT2D eigenvalue weighted by Crippen LogP contribution is 2.30. The minimum absolute atomic E-state index is 0.0868. The van der Waals surface area contributed by atoms with Crippen molar-refractivity contribution in [3.63, 3.8) is 0 Å². The van der Waals surface area contributed by atoms with Crippen molar-refractivity contribution >= 4 is 23.5 Å². The zero-order valence-corrected chi connectivity index (χ0v) is 19.0. The molecule has 2 heterocycles. The smallest absolute Gasteiger partial charge is 0.351 e. The zero-order chi connectivity index (χ0) is 21.6. The topological polar surface area (TPSA) is 93.5 Å². The summed E-state index contributed by atoms with van der Waals surface area (Å²) in [7, 11) is 0. The lowest BCUT2D eigenvalue weighted by molar-refractivity contribution is -0.116. The first-order valence-corrected chi connectivity index (χ1v) is 12.5. The van der Waals surface area contributed by atoms with Crippen LogP contribution in [0.2, 0.25) is 0 Å². The Balaban J connectivity index is 1.57. The third-order valence-electron chi connectivity index (χ3n) is 5.30. The first-order valence-electron chi connectivity index (χ1n) is 11.4. The zero-order valence-electron chi connectivity index (χ0n) is 18.2. The highest BCUT2D eigenvalue weighted by atomic mass is 32.2. The summed E-state index contributed by atoms with van der Waals surface area (Å²) in [4.78, 5) is 28.2. The van der Waals surface area contributed by atoms with Crippen molar-refractivity contribution in [2.75, 3.05) is 17.7 Å². The third kappa shape index (κ3) is 9.18. The van der Waals surface area contributed by atoms with Crippen LogP contribution in [-0.2, 0) is 9.53 Å². The maximum atomic E-state index is 12.2. The van der Waals surface area contributed by atoms with E-state index < -0.39 is 11.9 Å². The molecule has 8 heteroatoms. The summed E-state index contributed by atoms with van der Waals surface area (Å²) in [5.74, 6) is 0.745. The Morgan fingerprint density at radius 3 is 2.37 bits per heavy atom. The minimum atomic E-state index is -0.466. The first kappa shape index (κ1) is 24.9. The molecule has 30 heavy (non-hydrogen) atoms. The van der Waals surface area contributed by atoms with Crippen molar-refractivity contribution in [1.29, 1.82) is 0 Å². The van der Waals surface area contributed by atoms with E-state index in [9.17, 15) is 9.59 Å². The van der Waals surface area contributed by atoms with Gasteiger partial charge in [-0.05, 0) is 12.5 Å². The van der Waals surface area contributed by atoms with Crippen LogP contribution in [0.3, 0.4) is 0 Å². The molecule has 7 nitrogen and oxygen atoms in total. The van der Waals surface area contributed by atoms with E-state index in [-0.39, 0.29) is 23.8 Å². The Morgan fingerprint density at radius 2 is 1.80 bits per heavy atom. The standard InChI is InChI=1S/C22H37N3O4S/c1-2-3-4-5-6-7-8-9-10-11-12-13-19(27)23-18-14-15-25(22(28)24-18)20-17-30-21(16-26)29-20/h14-15,20-21,26H,2-13,16-17H2,1H3,(H,23,24,27,28)/t20-,21+/m1/s1. The number of anilines is 1. The van der Waals surface area contributed by atoms with E-state index >= 15 is 0 Å². The van der Waals surface area contributed by atoms with Gasteiger partial charge in [0.1, 0.15) is 17.5 Å². The molecule has 1 aromatic heterocycles. The van der Waals surface area contributed by atoms with Gasteiger partial charge in [-0.25, -0.2) is 4.79 Å². The summed E-state index contributed by atoms with van der Waals surface area (Å²) in [5.41, 5.74) is -0.779. The lowest BCUT2D eigenvalue weighted by atomic mass is 10.1. The molecule has 0 aromatic carbocycles. The normalized spacial score (nSPS) is 18.6. The van der Waals surface area contributed by atoms with Crippen LogP contribution in [0, 0.1) is 0 Å². The summed E-state index contributed by atoms with van der Waals surface area (Å²) in [6, 6.07) is 1.61. The number of aromatic nitrogens is 2. The molecule has 1 aliphatic heterocycles. The second kappa shape index (κ2) is 14.6. The average Bonchev–Trinajstić information content (AvgIpc) is 3.21. The first-order chi connectivity index (χ1) is 14.6. The van der Waals surface area contributed by atoms with Gasteiger partial charge in [0.05, 0.1) is 6.61 Å². The predicted octanol–water partition coefficient (Wildman–Crippen LogP) is 4.46. The summed E-state index contributed by atoms with van der Waals surface area (Å²) >= 11 is 1.46. The number of rotatable bonds is 15. The van der Waals surface area contributed by atoms with Crippen molar-refractivity contribution in [1.82, 2.24) is 9.55 Å². The van der Waals surface area contributed by atoms with Gasteiger partial charge < -0.3 is 15.2 Å². The average molecular weight is 440 g/mol. The molecule has 1 fully saturated rings. The van der Waals surface area contributed by atoms with Gasteiger partial charge in [-0.15, -0.1) is 11.8 Å². The lowest BCUT2D eigenvalue weighted by Crippen LogP contribution is -2.29. The van der Waals surface area contributed by atoms with Gasteiger partial charge >= 0.3 is 5.69 Å². The molecule has 2 atom stereocenters. The van der Waals surface area contributed by atoms with Gasteiger partial charge in [-0.3, -0.25) is 9.36 Å². The lowest BCUT2D eigenvalue weighted by Gasteiger charge is -2.14. The van der Waals surface area contributed by atoms with Gasteiger partial charge in [0, 0.05) is 18.4 Å². The highest BCUT2D eigenvalue weighted by molar-refractivity contribution is 8.00. The van der Waals surface area contributed by atoms with Gasteiger partial charge in [-0.1, -0.05) is 71.1 Å². The fraction of sp³-hybridized carbons (Fsp3) is 0.773. The quantitative estimate of drug-likeness (QED) is 0.392. The molecule has 1 aliphatic rings. The molecule has 2 N–H and O–H groups in total. The Kier molecular flexibility index (Phi) is 12.1. The van der Waals surface area contributed by atoms with Gasteiger partial charge in [0.15, 0.2) is 0 Å². The molecule has 0 unspecified atom stereocenters. The number of unbranched alkanes of at least 4 members (excludes halogenated alkanes) is 10. The van der Waals surface area contributed by atoms with Crippen LogP contribution in [0.15, 0.2) is 17.1 Å². The Hall–Kier alpha value is -1.38. The maximum Gasteiger partial charge on any atom is 0.351 e. The minimum Gasteiger partial charge on any atom is -0.393 e. The number of aliphatic hydroxyl groups excluding tert-OH is 1. The van der Waals surface area contributed by atoms with Crippen LogP contribution < -0.4 is 11.0 Å². The number of carbonyl (C=O) groups is 1. The van der Waals surface area contributed by atoms with E-state index in [1.54, 1.807) is 12.3 Å². The van der Waals surface area contributed by atoms with Gasteiger partial charge in [0.25, 0.3) is 0 Å². The van der Waals surface area contributed by atoms with Crippen molar-refractivity contribution < 1.29 is 14.6 Å². The number of nitrogens with zero attached hydrogens (tertiary/aromatic N) is 2. The fourth-order valence-corrected chi connectivity index (χ4v) is 4.47. The van der Waals surface area contributed by atoms with E-state index in [0.717, 1.165) is 12.8 Å². The van der Waals surface area contributed by atoms with Gasteiger partial charge in [0.2, 0.25) is 5.91 Å². The SMILES string of the molecule is CCCCCCCCCCCCCC(=O)Nc1ccn([C@H]2CS[C@@H](CO)O2)c(=O)n1. The summed E-state index contributed by atoms with van der Waals surface area (Å²) < 4.78 is 6.96. The summed E-state index contributed by atoms with van der Waals surface area (Å²) in [5, 5.41) is 11.8. The number of nitrogens with one attached hydrogen (secondary N) is 1. The maximum absolute atomic E-state index is 12.2. The van der Waals surface area contributed by atoms with Crippen molar-refractivity contribution in [3.8, 4) is 0 Å². The number of hydrogen-bond acceptors (Lipinski definition) is 6. The van der Waals surface area contributed by atoms with E-state index in [0.29, 0.717) is 12.2 Å². The van der Waals surface area contributed by atoms with Crippen LogP contribution in [0.1, 0.15) is 90.2 Å². The van der Waals surface area contributed by atoms with Crippen molar-refractivity contribution in [2.45, 2.75) is 95.6 Å². The molecule has 170 valence electrons. The Bertz CT molecular complexity index is 683. The van der Waals surface area contributed by atoms with Crippen LogP contribution in [0.5, 0.6) is 0 Å². The number of carbonyl (C=O) groups excluding carboxylic acids is 1.